The van der Waals surface area contributed by atoms with Crippen molar-refractivity contribution in [1.29, 1.82) is 0 Å². The van der Waals surface area contributed by atoms with E-state index in [4.69, 9.17) is 0 Å². The number of nitrogens with zero attached hydrogens (tertiary/aromatic N) is 2. The van der Waals surface area contributed by atoms with Crippen molar-refractivity contribution in [3.63, 3.8) is 0 Å². The first-order chi connectivity index (χ1) is 7.68. The lowest BCUT2D eigenvalue weighted by atomic mass is 10.2. The van der Waals surface area contributed by atoms with E-state index in [0.717, 1.165) is 19.6 Å². The van der Waals surface area contributed by atoms with E-state index < -0.39 is 0 Å². The van der Waals surface area contributed by atoms with Crippen LogP contribution in [0.25, 0.3) is 0 Å². The molecule has 1 aromatic rings. The van der Waals surface area contributed by atoms with Crippen molar-refractivity contribution in [2.75, 3.05) is 20.1 Å². The van der Waals surface area contributed by atoms with E-state index in [1.54, 1.807) is 11.3 Å². The zero-order chi connectivity index (χ0) is 11.8. The summed E-state index contributed by atoms with van der Waals surface area (Å²) in [5, 5.41) is 5.56. The molecule has 4 heteroatoms. The average Bonchev–Trinajstić information content (AvgIpc) is 2.69. The fraction of sp³-hybridized carbons (Fsp3) is 0.750. The number of hydrogen-bond donors (Lipinski definition) is 1. The Hall–Kier alpha value is -0.450. The molecule has 0 aliphatic heterocycles. The van der Waals surface area contributed by atoms with Gasteiger partial charge in [-0.15, -0.1) is 11.3 Å². The lowest BCUT2D eigenvalue weighted by Crippen LogP contribution is -2.25. The zero-order valence-electron chi connectivity index (χ0n) is 10.6. The summed E-state index contributed by atoms with van der Waals surface area (Å²) in [6.45, 7) is 7.63. The van der Waals surface area contributed by atoms with Gasteiger partial charge in [-0.25, -0.2) is 4.98 Å². The van der Waals surface area contributed by atoms with Gasteiger partial charge in [0.2, 0.25) is 0 Å². The summed E-state index contributed by atoms with van der Waals surface area (Å²) in [6.07, 6.45) is 2.50. The smallest absolute Gasteiger partial charge is 0.0795 e. The van der Waals surface area contributed by atoms with E-state index in [2.05, 4.69) is 41.5 Å². The molecule has 1 rings (SSSR count). The molecule has 0 saturated carbocycles. The van der Waals surface area contributed by atoms with Crippen LogP contribution in [-0.4, -0.2) is 36.1 Å². The Morgan fingerprint density at radius 3 is 2.88 bits per heavy atom. The van der Waals surface area contributed by atoms with E-state index in [-0.39, 0.29) is 0 Å². The van der Waals surface area contributed by atoms with Gasteiger partial charge in [0.25, 0.3) is 0 Å². The van der Waals surface area contributed by atoms with Gasteiger partial charge in [-0.05, 0) is 33.0 Å². The molecule has 0 atom stereocenters. The third kappa shape index (κ3) is 6.20. The van der Waals surface area contributed by atoms with E-state index in [1.165, 1.54) is 18.5 Å². The van der Waals surface area contributed by atoms with E-state index in [9.17, 15) is 0 Å². The Morgan fingerprint density at radius 1 is 1.44 bits per heavy atom. The van der Waals surface area contributed by atoms with Gasteiger partial charge in [0.15, 0.2) is 0 Å². The molecule has 3 nitrogen and oxygen atoms in total. The standard InChI is InChI=1S/C12H23N3S/c1-11(2)13-6-4-5-7-15(3)8-12-9-16-10-14-12/h9-11,13H,4-8H2,1-3H3. The molecular weight excluding hydrogens is 218 g/mol. The Balaban J connectivity index is 2.00. The molecule has 1 heterocycles. The summed E-state index contributed by atoms with van der Waals surface area (Å²) in [5.41, 5.74) is 3.09. The molecule has 1 N–H and O–H groups in total. The van der Waals surface area contributed by atoms with Crippen molar-refractivity contribution in [2.45, 2.75) is 39.3 Å². The minimum absolute atomic E-state index is 0.604. The highest BCUT2D eigenvalue weighted by molar-refractivity contribution is 7.07. The van der Waals surface area contributed by atoms with Crippen molar-refractivity contribution in [3.8, 4) is 0 Å². The molecule has 1 aromatic heterocycles. The number of aromatic nitrogens is 1. The summed E-state index contributed by atoms with van der Waals surface area (Å²) in [5.74, 6) is 0. The van der Waals surface area contributed by atoms with E-state index >= 15 is 0 Å². The fourth-order valence-electron chi connectivity index (χ4n) is 1.57. The number of rotatable bonds is 8. The second kappa shape index (κ2) is 7.76. The van der Waals surface area contributed by atoms with Crippen LogP contribution in [0.15, 0.2) is 10.9 Å². The number of thiazole rings is 1. The van der Waals surface area contributed by atoms with Crippen molar-refractivity contribution >= 4 is 11.3 Å². The van der Waals surface area contributed by atoms with E-state index in [0.29, 0.717) is 6.04 Å². The Labute approximate surface area is 103 Å². The van der Waals surface area contributed by atoms with Gasteiger partial charge in [0.05, 0.1) is 11.2 Å². The van der Waals surface area contributed by atoms with E-state index in [1.807, 2.05) is 5.51 Å². The maximum Gasteiger partial charge on any atom is 0.0795 e. The minimum atomic E-state index is 0.604. The van der Waals surface area contributed by atoms with Crippen molar-refractivity contribution < 1.29 is 0 Å². The highest BCUT2D eigenvalue weighted by Gasteiger charge is 2.01. The largest absolute Gasteiger partial charge is 0.315 e. The summed E-state index contributed by atoms with van der Waals surface area (Å²) < 4.78 is 0. The topological polar surface area (TPSA) is 28.2 Å². The molecule has 0 unspecified atom stereocenters. The molecule has 0 radical (unpaired) electrons. The van der Waals surface area contributed by atoms with Crippen molar-refractivity contribution in [2.24, 2.45) is 0 Å². The Morgan fingerprint density at radius 2 is 2.25 bits per heavy atom. The van der Waals surface area contributed by atoms with Crippen molar-refractivity contribution in [3.05, 3.63) is 16.6 Å². The number of hydrogen-bond acceptors (Lipinski definition) is 4. The van der Waals surface area contributed by atoms with Gasteiger partial charge in [-0.2, -0.15) is 0 Å². The first-order valence-corrected chi connectivity index (χ1v) is 6.91. The summed E-state index contributed by atoms with van der Waals surface area (Å²) in [4.78, 5) is 6.63. The number of nitrogens with one attached hydrogen (secondary N) is 1. The molecule has 0 spiro atoms. The van der Waals surface area contributed by atoms with Gasteiger partial charge in [0.1, 0.15) is 0 Å². The minimum Gasteiger partial charge on any atom is -0.315 e. The highest BCUT2D eigenvalue weighted by atomic mass is 32.1. The van der Waals surface area contributed by atoms with Crippen molar-refractivity contribution in [1.82, 2.24) is 15.2 Å². The third-order valence-corrected chi connectivity index (χ3v) is 3.07. The predicted molar refractivity (Wildman–Crippen MR) is 70.8 cm³/mol. The first kappa shape index (κ1) is 13.6. The molecule has 16 heavy (non-hydrogen) atoms. The Bertz CT molecular complexity index is 259. The van der Waals surface area contributed by atoms with Crippen LogP contribution in [0.4, 0.5) is 0 Å². The predicted octanol–water partition coefficient (Wildman–Crippen LogP) is 2.35. The Kier molecular flexibility index (Phi) is 6.61. The number of unbranched alkanes of at least 4 members (excludes halogenated alkanes) is 1. The quantitative estimate of drug-likeness (QED) is 0.708. The average molecular weight is 241 g/mol. The molecule has 0 aromatic carbocycles. The normalized spacial score (nSPS) is 11.6. The molecule has 92 valence electrons. The lowest BCUT2D eigenvalue weighted by molar-refractivity contribution is 0.314. The maximum atomic E-state index is 4.29. The third-order valence-electron chi connectivity index (χ3n) is 2.43. The second-order valence-electron chi connectivity index (χ2n) is 4.53. The van der Waals surface area contributed by atoms with Gasteiger partial charge in [-0.1, -0.05) is 13.8 Å². The molecule has 0 amide bonds. The lowest BCUT2D eigenvalue weighted by Gasteiger charge is -2.15. The molecule has 0 aliphatic carbocycles. The van der Waals surface area contributed by atoms with Gasteiger partial charge >= 0.3 is 0 Å². The van der Waals surface area contributed by atoms with Crippen LogP contribution < -0.4 is 5.32 Å². The van der Waals surface area contributed by atoms with Crippen LogP contribution >= 0.6 is 11.3 Å². The van der Waals surface area contributed by atoms with Crippen LogP contribution in [0, 0.1) is 0 Å². The van der Waals surface area contributed by atoms with Crippen LogP contribution in [-0.2, 0) is 6.54 Å². The summed E-state index contributed by atoms with van der Waals surface area (Å²) in [7, 11) is 2.16. The van der Waals surface area contributed by atoms with Gasteiger partial charge in [0, 0.05) is 18.0 Å². The van der Waals surface area contributed by atoms with Crippen LogP contribution in [0.1, 0.15) is 32.4 Å². The maximum absolute atomic E-state index is 4.29. The highest BCUT2D eigenvalue weighted by Crippen LogP contribution is 2.04. The van der Waals surface area contributed by atoms with Crippen LogP contribution in [0.2, 0.25) is 0 Å². The SMILES string of the molecule is CC(C)NCCCCN(C)Cc1cscn1. The summed E-state index contributed by atoms with van der Waals surface area (Å²) in [6, 6.07) is 0.604. The summed E-state index contributed by atoms with van der Waals surface area (Å²) >= 11 is 1.67. The molecular formula is C12H23N3S. The molecule has 0 saturated heterocycles. The first-order valence-electron chi connectivity index (χ1n) is 5.97. The van der Waals surface area contributed by atoms with Gasteiger partial charge in [-0.3, -0.25) is 0 Å². The zero-order valence-corrected chi connectivity index (χ0v) is 11.4. The monoisotopic (exact) mass is 241 g/mol. The molecule has 0 aliphatic rings. The second-order valence-corrected chi connectivity index (χ2v) is 5.25. The van der Waals surface area contributed by atoms with Gasteiger partial charge < -0.3 is 10.2 Å². The molecule has 0 bridgehead atoms. The van der Waals surface area contributed by atoms with Crippen LogP contribution in [0.3, 0.4) is 0 Å². The molecule has 0 fully saturated rings. The fourth-order valence-corrected chi connectivity index (χ4v) is 2.12. The van der Waals surface area contributed by atoms with Crippen LogP contribution in [0.5, 0.6) is 0 Å².